The highest BCUT2D eigenvalue weighted by molar-refractivity contribution is 6.06. The molecule has 7 heteroatoms. The predicted octanol–water partition coefficient (Wildman–Crippen LogP) is 4.19. The van der Waals surface area contributed by atoms with E-state index in [0.717, 1.165) is 42.3 Å². The van der Waals surface area contributed by atoms with Crippen molar-refractivity contribution in [2.45, 2.75) is 32.3 Å². The molecule has 1 N–H and O–H groups in total. The normalized spacial score (nSPS) is 13.8. The summed E-state index contributed by atoms with van der Waals surface area (Å²) in [5.74, 6) is -2.86. The fourth-order valence-electron chi connectivity index (χ4n) is 3.54. The number of amides is 1. The number of para-hydroxylation sites is 1. The first kappa shape index (κ1) is 19.0. The molecule has 0 aliphatic heterocycles. The van der Waals surface area contributed by atoms with Crippen LogP contribution in [0.2, 0.25) is 0 Å². The minimum Gasteiger partial charge on any atom is -0.449 e. The van der Waals surface area contributed by atoms with Gasteiger partial charge in [0.15, 0.2) is 6.10 Å². The molecule has 1 atom stereocenters. The van der Waals surface area contributed by atoms with Crippen LogP contribution in [0.25, 0.3) is 10.9 Å². The Morgan fingerprint density at radius 3 is 2.76 bits per heavy atom. The fourth-order valence-corrected chi connectivity index (χ4v) is 3.54. The number of pyridine rings is 1. The Morgan fingerprint density at radius 1 is 1.14 bits per heavy atom. The molecule has 1 aliphatic rings. The lowest BCUT2D eigenvalue weighted by atomic mass is 10.0. The summed E-state index contributed by atoms with van der Waals surface area (Å²) in [6, 6.07) is 10.0. The lowest BCUT2D eigenvalue weighted by Gasteiger charge is -2.16. The molecule has 4 rings (SSSR count). The Labute approximate surface area is 165 Å². The summed E-state index contributed by atoms with van der Waals surface area (Å²) in [4.78, 5) is 29.9. The lowest BCUT2D eigenvalue weighted by molar-refractivity contribution is -0.123. The van der Waals surface area contributed by atoms with Gasteiger partial charge in [0.05, 0.1) is 16.8 Å². The van der Waals surface area contributed by atoms with Crippen molar-refractivity contribution in [2.24, 2.45) is 0 Å². The second-order valence-corrected chi connectivity index (χ2v) is 6.94. The molecule has 1 heterocycles. The first-order valence-corrected chi connectivity index (χ1v) is 9.31. The largest absolute Gasteiger partial charge is 0.449 e. The summed E-state index contributed by atoms with van der Waals surface area (Å²) < 4.78 is 32.4. The molecule has 0 unspecified atom stereocenters. The van der Waals surface area contributed by atoms with E-state index in [0.29, 0.717) is 22.9 Å². The van der Waals surface area contributed by atoms with Gasteiger partial charge in [-0.05, 0) is 49.9 Å². The molecular weight excluding hydrogens is 378 g/mol. The Hall–Kier alpha value is -3.35. The number of aryl methyl sites for hydroxylation is 1. The number of halogens is 2. The maximum Gasteiger partial charge on any atom is 0.339 e. The van der Waals surface area contributed by atoms with Gasteiger partial charge < -0.3 is 10.1 Å². The van der Waals surface area contributed by atoms with Crippen LogP contribution in [0.5, 0.6) is 0 Å². The average molecular weight is 396 g/mol. The van der Waals surface area contributed by atoms with E-state index in [1.54, 1.807) is 6.07 Å². The highest BCUT2D eigenvalue weighted by atomic mass is 19.1. The van der Waals surface area contributed by atoms with Crippen LogP contribution in [-0.2, 0) is 22.4 Å². The van der Waals surface area contributed by atoms with Crippen LogP contribution in [0.1, 0.15) is 35.0 Å². The SMILES string of the molecule is C[C@H](OC(=O)c1c2c(nc3ccccc13)CCC2)C(=O)Nc1cc(F)ccc1F. The summed E-state index contributed by atoms with van der Waals surface area (Å²) in [5.41, 5.74) is 2.51. The topological polar surface area (TPSA) is 68.3 Å². The monoisotopic (exact) mass is 396 g/mol. The summed E-state index contributed by atoms with van der Waals surface area (Å²) >= 11 is 0. The molecular formula is C22H18F2N2O3. The van der Waals surface area contributed by atoms with Crippen molar-refractivity contribution in [1.82, 2.24) is 4.98 Å². The van der Waals surface area contributed by atoms with Gasteiger partial charge in [-0.2, -0.15) is 0 Å². The van der Waals surface area contributed by atoms with E-state index in [4.69, 9.17) is 4.74 Å². The maximum absolute atomic E-state index is 13.7. The number of fused-ring (bicyclic) bond motifs is 2. The van der Waals surface area contributed by atoms with Crippen molar-refractivity contribution in [2.75, 3.05) is 5.32 Å². The smallest absolute Gasteiger partial charge is 0.339 e. The third-order valence-corrected chi connectivity index (χ3v) is 4.96. The van der Waals surface area contributed by atoms with E-state index in [1.165, 1.54) is 6.92 Å². The molecule has 2 aromatic carbocycles. The number of hydrogen-bond acceptors (Lipinski definition) is 4. The third kappa shape index (κ3) is 3.68. The number of esters is 1. The van der Waals surface area contributed by atoms with Crippen LogP contribution < -0.4 is 5.32 Å². The second kappa shape index (κ2) is 7.58. The zero-order valence-electron chi connectivity index (χ0n) is 15.7. The molecule has 0 fully saturated rings. The molecule has 0 spiro atoms. The number of hydrogen-bond donors (Lipinski definition) is 1. The van der Waals surface area contributed by atoms with Gasteiger partial charge in [0, 0.05) is 17.1 Å². The van der Waals surface area contributed by atoms with E-state index in [-0.39, 0.29) is 5.69 Å². The molecule has 3 aromatic rings. The fraction of sp³-hybridized carbons (Fsp3) is 0.227. The van der Waals surface area contributed by atoms with Gasteiger partial charge in [0.1, 0.15) is 11.6 Å². The van der Waals surface area contributed by atoms with E-state index < -0.39 is 29.6 Å². The Balaban J connectivity index is 1.58. The van der Waals surface area contributed by atoms with Crippen molar-refractivity contribution < 1.29 is 23.1 Å². The quantitative estimate of drug-likeness (QED) is 0.672. The molecule has 5 nitrogen and oxygen atoms in total. The van der Waals surface area contributed by atoms with Gasteiger partial charge >= 0.3 is 5.97 Å². The van der Waals surface area contributed by atoms with E-state index in [2.05, 4.69) is 10.3 Å². The standard InChI is InChI=1S/C22H18F2N2O3/c1-12(21(27)26-19-11-13(23)9-10-16(19)24)29-22(28)20-14-5-2-3-7-17(14)25-18-8-4-6-15(18)20/h2-3,5,7,9-12H,4,6,8H2,1H3,(H,26,27)/t12-/m0/s1. The minimum atomic E-state index is -1.20. The van der Waals surface area contributed by atoms with Gasteiger partial charge in [-0.25, -0.2) is 13.6 Å². The Kier molecular flexibility index (Phi) is 4.96. The third-order valence-electron chi connectivity index (χ3n) is 4.96. The van der Waals surface area contributed by atoms with Crippen molar-refractivity contribution in [1.29, 1.82) is 0 Å². The second-order valence-electron chi connectivity index (χ2n) is 6.94. The molecule has 0 bridgehead atoms. The number of nitrogens with one attached hydrogen (secondary N) is 1. The van der Waals surface area contributed by atoms with Crippen molar-refractivity contribution in [3.8, 4) is 0 Å². The minimum absolute atomic E-state index is 0.312. The van der Waals surface area contributed by atoms with Gasteiger partial charge in [-0.15, -0.1) is 0 Å². The highest BCUT2D eigenvalue weighted by Crippen LogP contribution is 2.30. The zero-order valence-corrected chi connectivity index (χ0v) is 15.7. The summed E-state index contributed by atoms with van der Waals surface area (Å²) in [5, 5.41) is 2.92. The molecule has 1 amide bonds. The Morgan fingerprint density at radius 2 is 1.93 bits per heavy atom. The van der Waals surface area contributed by atoms with Gasteiger partial charge in [-0.1, -0.05) is 18.2 Å². The van der Waals surface area contributed by atoms with Gasteiger partial charge in [0.25, 0.3) is 5.91 Å². The van der Waals surface area contributed by atoms with E-state index in [9.17, 15) is 18.4 Å². The number of benzene rings is 2. The van der Waals surface area contributed by atoms with Crippen LogP contribution in [0.4, 0.5) is 14.5 Å². The van der Waals surface area contributed by atoms with Gasteiger partial charge in [-0.3, -0.25) is 9.78 Å². The van der Waals surface area contributed by atoms with Crippen LogP contribution in [0.3, 0.4) is 0 Å². The van der Waals surface area contributed by atoms with Crippen molar-refractivity contribution in [3.63, 3.8) is 0 Å². The number of rotatable bonds is 4. The molecule has 148 valence electrons. The van der Waals surface area contributed by atoms with Crippen LogP contribution in [-0.4, -0.2) is 23.0 Å². The molecule has 1 aromatic heterocycles. The van der Waals surface area contributed by atoms with Crippen LogP contribution in [0.15, 0.2) is 42.5 Å². The summed E-state index contributed by atoms with van der Waals surface area (Å²) in [7, 11) is 0. The summed E-state index contributed by atoms with van der Waals surface area (Å²) in [6.45, 7) is 1.38. The van der Waals surface area contributed by atoms with Crippen LogP contribution in [0, 0.1) is 11.6 Å². The van der Waals surface area contributed by atoms with Crippen molar-refractivity contribution in [3.05, 3.63) is 70.9 Å². The predicted molar refractivity (Wildman–Crippen MR) is 104 cm³/mol. The van der Waals surface area contributed by atoms with Crippen molar-refractivity contribution >= 4 is 28.5 Å². The molecule has 1 aliphatic carbocycles. The first-order chi connectivity index (χ1) is 13.9. The van der Waals surface area contributed by atoms with Crippen LogP contribution >= 0.6 is 0 Å². The van der Waals surface area contributed by atoms with E-state index in [1.807, 2.05) is 18.2 Å². The number of carbonyl (C=O) groups is 2. The lowest BCUT2D eigenvalue weighted by Crippen LogP contribution is -2.30. The number of anilines is 1. The average Bonchev–Trinajstić information content (AvgIpc) is 3.16. The molecule has 0 saturated heterocycles. The molecule has 29 heavy (non-hydrogen) atoms. The number of aromatic nitrogens is 1. The molecule has 0 radical (unpaired) electrons. The Bertz CT molecular complexity index is 1130. The highest BCUT2D eigenvalue weighted by Gasteiger charge is 2.27. The first-order valence-electron chi connectivity index (χ1n) is 9.31. The zero-order chi connectivity index (χ0) is 20.5. The van der Waals surface area contributed by atoms with E-state index >= 15 is 0 Å². The maximum atomic E-state index is 13.7. The number of ether oxygens (including phenoxy) is 1. The molecule has 0 saturated carbocycles. The van der Waals surface area contributed by atoms with Gasteiger partial charge in [0.2, 0.25) is 0 Å². The number of nitrogens with zero attached hydrogens (tertiary/aromatic N) is 1. The summed E-state index contributed by atoms with van der Waals surface area (Å²) in [6.07, 6.45) is 1.20. The number of carbonyl (C=O) groups excluding carboxylic acids is 2.